The van der Waals surface area contributed by atoms with Gasteiger partial charge in [-0.3, -0.25) is 4.79 Å². The zero-order valence-electron chi connectivity index (χ0n) is 6.71. The van der Waals surface area contributed by atoms with Crippen molar-refractivity contribution in [3.8, 4) is 0 Å². The standard InChI is InChI=1S/C6H8N4O3/c7-5(11)2-4-9-6(10(12)13)1-3-8-9/h1,3H,2,4H2,(H2,7,11). The van der Waals surface area contributed by atoms with Crippen molar-refractivity contribution in [1.29, 1.82) is 0 Å². The van der Waals surface area contributed by atoms with Crippen LogP contribution in [0.4, 0.5) is 5.82 Å². The average molecular weight is 184 g/mol. The molecule has 70 valence electrons. The number of rotatable bonds is 4. The zero-order valence-corrected chi connectivity index (χ0v) is 6.71. The minimum absolute atomic E-state index is 0.0442. The summed E-state index contributed by atoms with van der Waals surface area (Å²) in [7, 11) is 0. The molecular weight excluding hydrogens is 176 g/mol. The molecule has 2 N–H and O–H groups in total. The number of primary amides is 1. The monoisotopic (exact) mass is 184 g/mol. The third kappa shape index (κ3) is 2.26. The smallest absolute Gasteiger partial charge is 0.344 e. The lowest BCUT2D eigenvalue weighted by atomic mass is 10.4. The number of carbonyl (C=O) groups is 1. The van der Waals surface area contributed by atoms with Gasteiger partial charge in [0.1, 0.15) is 6.54 Å². The van der Waals surface area contributed by atoms with Crippen LogP contribution in [0.2, 0.25) is 0 Å². The molecule has 0 atom stereocenters. The lowest BCUT2D eigenvalue weighted by Crippen LogP contribution is -2.15. The van der Waals surface area contributed by atoms with E-state index in [4.69, 9.17) is 5.73 Å². The predicted octanol–water partition coefficient (Wildman–Crippen LogP) is -0.333. The molecule has 1 rings (SSSR count). The highest BCUT2D eigenvalue weighted by atomic mass is 16.6. The van der Waals surface area contributed by atoms with Gasteiger partial charge in [-0.15, -0.1) is 4.68 Å². The van der Waals surface area contributed by atoms with Gasteiger partial charge in [0.05, 0.1) is 18.7 Å². The maximum Gasteiger partial charge on any atom is 0.344 e. The van der Waals surface area contributed by atoms with Crippen LogP contribution < -0.4 is 5.73 Å². The van der Waals surface area contributed by atoms with Gasteiger partial charge in [0.2, 0.25) is 5.91 Å². The highest BCUT2D eigenvalue weighted by Crippen LogP contribution is 2.09. The number of hydrogen-bond donors (Lipinski definition) is 1. The second kappa shape index (κ2) is 3.65. The van der Waals surface area contributed by atoms with Crippen molar-refractivity contribution in [1.82, 2.24) is 9.78 Å². The van der Waals surface area contributed by atoms with E-state index in [-0.39, 0.29) is 18.8 Å². The third-order valence-electron chi connectivity index (χ3n) is 1.45. The van der Waals surface area contributed by atoms with Crippen molar-refractivity contribution in [2.45, 2.75) is 13.0 Å². The highest BCUT2D eigenvalue weighted by molar-refractivity contribution is 5.73. The van der Waals surface area contributed by atoms with E-state index in [1.165, 1.54) is 12.3 Å². The fourth-order valence-corrected chi connectivity index (χ4v) is 0.869. The molecule has 0 spiro atoms. The molecule has 0 aliphatic rings. The van der Waals surface area contributed by atoms with E-state index in [0.29, 0.717) is 0 Å². The summed E-state index contributed by atoms with van der Waals surface area (Å²) in [5.74, 6) is -0.647. The first-order chi connectivity index (χ1) is 6.11. The van der Waals surface area contributed by atoms with Crippen molar-refractivity contribution < 1.29 is 9.72 Å². The van der Waals surface area contributed by atoms with Crippen molar-refractivity contribution in [2.75, 3.05) is 0 Å². The van der Waals surface area contributed by atoms with Crippen LogP contribution in [0.15, 0.2) is 12.3 Å². The molecule has 0 fully saturated rings. The number of nitrogens with zero attached hydrogens (tertiary/aromatic N) is 3. The number of nitro groups is 1. The molecule has 7 heteroatoms. The first kappa shape index (κ1) is 9.17. The molecular formula is C6H8N4O3. The van der Waals surface area contributed by atoms with E-state index in [1.54, 1.807) is 0 Å². The van der Waals surface area contributed by atoms with Gasteiger partial charge in [0.15, 0.2) is 0 Å². The first-order valence-electron chi connectivity index (χ1n) is 3.56. The molecule has 1 aromatic rings. The summed E-state index contributed by atoms with van der Waals surface area (Å²) >= 11 is 0. The van der Waals surface area contributed by atoms with E-state index < -0.39 is 10.8 Å². The Morgan fingerprint density at radius 1 is 1.77 bits per heavy atom. The van der Waals surface area contributed by atoms with Crippen molar-refractivity contribution in [3.63, 3.8) is 0 Å². The predicted molar refractivity (Wildman–Crippen MR) is 42.7 cm³/mol. The molecule has 0 saturated carbocycles. The maximum atomic E-state index is 10.4. The van der Waals surface area contributed by atoms with E-state index in [1.807, 2.05) is 0 Å². The van der Waals surface area contributed by atoms with Crippen molar-refractivity contribution >= 4 is 11.7 Å². The molecule has 1 heterocycles. The quantitative estimate of drug-likeness (QED) is 0.510. The molecule has 0 unspecified atom stereocenters. The Morgan fingerprint density at radius 2 is 2.46 bits per heavy atom. The summed E-state index contributed by atoms with van der Waals surface area (Å²) < 4.78 is 1.13. The van der Waals surface area contributed by atoms with E-state index in [9.17, 15) is 14.9 Å². The molecule has 0 radical (unpaired) electrons. The lowest BCUT2D eigenvalue weighted by molar-refractivity contribution is -0.392. The van der Waals surface area contributed by atoms with Crippen molar-refractivity contribution in [3.05, 3.63) is 22.4 Å². The number of aryl methyl sites for hydroxylation is 1. The third-order valence-corrected chi connectivity index (χ3v) is 1.45. The van der Waals surface area contributed by atoms with Crippen LogP contribution in [0, 0.1) is 10.1 Å². The minimum atomic E-state index is -0.562. The Bertz CT molecular complexity index is 332. The normalized spacial score (nSPS) is 9.85. The molecule has 13 heavy (non-hydrogen) atoms. The Kier molecular flexibility index (Phi) is 2.58. The summed E-state index contributed by atoms with van der Waals surface area (Å²) in [6, 6.07) is 1.26. The Balaban J connectivity index is 2.71. The largest absolute Gasteiger partial charge is 0.370 e. The molecule has 0 aliphatic heterocycles. The zero-order chi connectivity index (χ0) is 9.84. The average Bonchev–Trinajstić information content (AvgIpc) is 2.47. The maximum absolute atomic E-state index is 10.4. The van der Waals surface area contributed by atoms with Gasteiger partial charge < -0.3 is 15.8 Å². The second-order valence-electron chi connectivity index (χ2n) is 2.39. The molecule has 1 aromatic heterocycles. The van der Waals surface area contributed by atoms with Crippen molar-refractivity contribution in [2.24, 2.45) is 5.73 Å². The topological polar surface area (TPSA) is 104 Å². The number of carbonyl (C=O) groups excluding carboxylic acids is 1. The summed E-state index contributed by atoms with van der Waals surface area (Å²) in [6.45, 7) is 0.138. The molecule has 0 aliphatic carbocycles. The summed E-state index contributed by atoms with van der Waals surface area (Å²) in [4.78, 5) is 20.2. The molecule has 0 aromatic carbocycles. The van der Waals surface area contributed by atoms with Crippen LogP contribution in [0.5, 0.6) is 0 Å². The molecule has 0 bridgehead atoms. The molecule has 1 amide bonds. The Hall–Kier alpha value is -1.92. The fourth-order valence-electron chi connectivity index (χ4n) is 0.869. The van der Waals surface area contributed by atoms with Gasteiger partial charge in [-0.2, -0.15) is 0 Å². The number of hydrogen-bond acceptors (Lipinski definition) is 4. The SMILES string of the molecule is NC(=O)CCn1nccc1[N+](=O)[O-]. The van der Waals surface area contributed by atoms with Crippen LogP contribution in [-0.2, 0) is 11.3 Å². The lowest BCUT2D eigenvalue weighted by Gasteiger charge is -1.96. The number of amides is 1. The van der Waals surface area contributed by atoms with Gasteiger partial charge in [0, 0.05) is 0 Å². The Morgan fingerprint density at radius 3 is 3.00 bits per heavy atom. The first-order valence-corrected chi connectivity index (χ1v) is 3.56. The minimum Gasteiger partial charge on any atom is -0.370 e. The molecule has 0 saturated heterocycles. The summed E-state index contributed by atoms with van der Waals surface area (Å²) in [5.41, 5.74) is 4.89. The van der Waals surface area contributed by atoms with Crippen LogP contribution in [0.3, 0.4) is 0 Å². The van der Waals surface area contributed by atoms with E-state index >= 15 is 0 Å². The van der Waals surface area contributed by atoms with Crippen LogP contribution in [-0.4, -0.2) is 20.6 Å². The van der Waals surface area contributed by atoms with Crippen LogP contribution in [0.1, 0.15) is 6.42 Å². The van der Waals surface area contributed by atoms with E-state index in [2.05, 4.69) is 5.10 Å². The molecule has 7 nitrogen and oxygen atoms in total. The summed E-state index contributed by atoms with van der Waals surface area (Å²) in [6.07, 6.45) is 1.35. The summed E-state index contributed by atoms with van der Waals surface area (Å²) in [5, 5.41) is 14.0. The number of nitrogens with two attached hydrogens (primary N) is 1. The number of aromatic nitrogens is 2. The van der Waals surface area contributed by atoms with Gasteiger partial charge in [-0.1, -0.05) is 5.10 Å². The van der Waals surface area contributed by atoms with Crippen LogP contribution >= 0.6 is 0 Å². The van der Waals surface area contributed by atoms with Gasteiger partial charge in [0.25, 0.3) is 0 Å². The Labute approximate surface area is 73.3 Å². The van der Waals surface area contributed by atoms with Gasteiger partial charge in [-0.25, -0.2) is 0 Å². The van der Waals surface area contributed by atoms with Gasteiger partial charge in [-0.05, 0) is 4.92 Å². The fraction of sp³-hybridized carbons (Fsp3) is 0.333. The van der Waals surface area contributed by atoms with Gasteiger partial charge >= 0.3 is 5.82 Å². The highest BCUT2D eigenvalue weighted by Gasteiger charge is 2.13. The van der Waals surface area contributed by atoms with E-state index in [0.717, 1.165) is 4.68 Å². The van der Waals surface area contributed by atoms with Crippen LogP contribution in [0.25, 0.3) is 0 Å². The second-order valence-corrected chi connectivity index (χ2v) is 2.39.